The van der Waals surface area contributed by atoms with Gasteiger partial charge in [-0.25, -0.2) is 10.1 Å². The number of carbonyl (C=O) groups excluding carboxylic acids is 2. The highest BCUT2D eigenvalue weighted by Gasteiger charge is 2.28. The number of rotatable bonds is 8. The Kier molecular flexibility index (Phi) is 9.13. The number of nitrogens with zero attached hydrogens (tertiary/aromatic N) is 2. The van der Waals surface area contributed by atoms with Gasteiger partial charge in [-0.1, -0.05) is 21.6 Å². The zero-order valence-electron chi connectivity index (χ0n) is 12.6. The lowest BCUT2D eigenvalue weighted by Gasteiger charge is -2.30. The van der Waals surface area contributed by atoms with Crippen molar-refractivity contribution < 1.29 is 29.5 Å². The summed E-state index contributed by atoms with van der Waals surface area (Å²) in [5, 5.41) is 19.0. The molecule has 0 bridgehead atoms. The molecule has 1 aliphatic heterocycles. The quantitative estimate of drug-likeness (QED) is 0.372. The average Bonchev–Trinajstić information content (AvgIpc) is 2.48. The average molecular weight is 354 g/mol. The fraction of sp³-hybridized carbons (Fsp3) is 0.833. The van der Waals surface area contributed by atoms with Crippen molar-refractivity contribution in [3.63, 3.8) is 0 Å². The minimum Gasteiger partial charge on any atom is -0.374 e. The van der Waals surface area contributed by atoms with Gasteiger partial charge in [-0.2, -0.15) is 0 Å². The van der Waals surface area contributed by atoms with Gasteiger partial charge in [-0.05, 0) is 0 Å². The van der Waals surface area contributed by atoms with Crippen LogP contribution in [0.4, 0.5) is 0 Å². The van der Waals surface area contributed by atoms with E-state index in [1.54, 1.807) is 21.6 Å². The third-order valence-corrected chi connectivity index (χ3v) is 5.39. The molecular weight excluding hydrogens is 332 g/mol. The first-order chi connectivity index (χ1) is 10.4. The predicted molar refractivity (Wildman–Crippen MR) is 82.7 cm³/mol. The molecule has 1 aliphatic rings. The van der Waals surface area contributed by atoms with E-state index in [0.29, 0.717) is 10.1 Å². The highest BCUT2D eigenvalue weighted by atomic mass is 33.1. The van der Waals surface area contributed by atoms with E-state index in [9.17, 15) is 9.59 Å². The van der Waals surface area contributed by atoms with E-state index in [0.717, 1.165) is 11.5 Å². The second-order valence-electron chi connectivity index (χ2n) is 4.72. The monoisotopic (exact) mass is 354 g/mol. The minimum absolute atomic E-state index is 0.0990. The van der Waals surface area contributed by atoms with Crippen molar-refractivity contribution in [2.24, 2.45) is 0 Å². The van der Waals surface area contributed by atoms with Gasteiger partial charge in [0.15, 0.2) is 0 Å². The Labute approximate surface area is 137 Å². The molecular formula is C12H22N2O6S2. The van der Waals surface area contributed by atoms with Crippen LogP contribution in [0.2, 0.25) is 0 Å². The van der Waals surface area contributed by atoms with Gasteiger partial charge >= 0.3 is 0 Å². The molecule has 22 heavy (non-hydrogen) atoms. The Balaban J connectivity index is 2.30. The van der Waals surface area contributed by atoms with Crippen LogP contribution < -0.4 is 0 Å². The molecule has 8 nitrogen and oxygen atoms in total. The summed E-state index contributed by atoms with van der Waals surface area (Å²) >= 11 is 0. The van der Waals surface area contributed by atoms with Crippen molar-refractivity contribution in [2.45, 2.75) is 25.0 Å². The Bertz CT molecular complexity index is 336. The van der Waals surface area contributed by atoms with Crippen molar-refractivity contribution in [3.8, 4) is 0 Å². The summed E-state index contributed by atoms with van der Waals surface area (Å²) in [6, 6.07) is 0. The maximum Gasteiger partial charge on any atom is 0.247 e. The van der Waals surface area contributed by atoms with Crippen molar-refractivity contribution in [1.82, 2.24) is 10.1 Å². The van der Waals surface area contributed by atoms with Gasteiger partial charge in [-0.15, -0.1) is 0 Å². The Hall–Kier alpha value is -0.520. The van der Waals surface area contributed by atoms with Crippen molar-refractivity contribution in [3.05, 3.63) is 0 Å². The van der Waals surface area contributed by atoms with Crippen LogP contribution in [-0.2, 0) is 19.1 Å². The van der Waals surface area contributed by atoms with E-state index in [2.05, 4.69) is 0 Å². The third-order valence-electron chi connectivity index (χ3n) is 2.98. The molecule has 1 rings (SSSR count). The number of hydrogen-bond acceptors (Lipinski definition) is 8. The maximum atomic E-state index is 11.3. The zero-order chi connectivity index (χ0) is 16.5. The normalized spacial score (nSPS) is 21.5. The summed E-state index contributed by atoms with van der Waals surface area (Å²) in [6.45, 7) is 0.412. The standard InChI is InChI=1S/C12H22N2O6S2/c1-13(17)11(15)3-5-19-9-7-21-22-8-10(9)20-6-4-12(16)14(2)18/h9-10,17-18H,3-8H2,1-2H3/t9-,10-/m0/s1. The second-order valence-corrected chi connectivity index (χ2v) is 7.27. The zero-order valence-corrected chi connectivity index (χ0v) is 14.3. The van der Waals surface area contributed by atoms with Crippen molar-refractivity contribution in [2.75, 3.05) is 38.8 Å². The summed E-state index contributed by atoms with van der Waals surface area (Å²) < 4.78 is 11.3. The largest absolute Gasteiger partial charge is 0.374 e. The van der Waals surface area contributed by atoms with Crippen LogP contribution in [0.1, 0.15) is 12.8 Å². The molecule has 0 aromatic carbocycles. The Morgan fingerprint density at radius 2 is 1.32 bits per heavy atom. The van der Waals surface area contributed by atoms with E-state index >= 15 is 0 Å². The van der Waals surface area contributed by atoms with Crippen LogP contribution in [0.3, 0.4) is 0 Å². The van der Waals surface area contributed by atoms with E-state index in [1.807, 2.05) is 0 Å². The van der Waals surface area contributed by atoms with Gasteiger partial charge in [0, 0.05) is 25.6 Å². The van der Waals surface area contributed by atoms with Crippen LogP contribution in [-0.4, -0.2) is 83.4 Å². The van der Waals surface area contributed by atoms with Gasteiger partial charge in [0.05, 0.1) is 38.3 Å². The molecule has 10 heteroatoms. The van der Waals surface area contributed by atoms with E-state index in [-0.39, 0.29) is 38.3 Å². The van der Waals surface area contributed by atoms with Gasteiger partial charge in [0.1, 0.15) is 0 Å². The van der Waals surface area contributed by atoms with Gasteiger partial charge in [0.25, 0.3) is 0 Å². The number of ether oxygens (including phenoxy) is 2. The number of hydroxylamine groups is 4. The van der Waals surface area contributed by atoms with Crippen LogP contribution in [0, 0.1) is 0 Å². The van der Waals surface area contributed by atoms with Crippen LogP contribution >= 0.6 is 21.6 Å². The number of carbonyl (C=O) groups is 2. The van der Waals surface area contributed by atoms with E-state index in [4.69, 9.17) is 19.9 Å². The molecule has 0 aromatic rings. The first-order valence-corrected chi connectivity index (χ1v) is 9.29. The fourth-order valence-corrected chi connectivity index (χ4v) is 4.14. The predicted octanol–water partition coefficient (Wildman–Crippen LogP) is 0.627. The van der Waals surface area contributed by atoms with Gasteiger partial charge in [-0.3, -0.25) is 20.0 Å². The Morgan fingerprint density at radius 1 is 0.955 bits per heavy atom. The molecule has 2 atom stereocenters. The maximum absolute atomic E-state index is 11.3. The lowest BCUT2D eigenvalue weighted by Crippen LogP contribution is -2.39. The number of hydrogen-bond donors (Lipinski definition) is 2. The molecule has 0 unspecified atom stereocenters. The van der Waals surface area contributed by atoms with Crippen molar-refractivity contribution in [1.29, 1.82) is 0 Å². The third kappa shape index (κ3) is 7.16. The highest BCUT2D eigenvalue weighted by molar-refractivity contribution is 8.76. The lowest BCUT2D eigenvalue weighted by molar-refractivity contribution is -0.163. The summed E-state index contributed by atoms with van der Waals surface area (Å²) in [6.07, 6.45) is -0.126. The summed E-state index contributed by atoms with van der Waals surface area (Å²) in [4.78, 5) is 22.5. The molecule has 2 N–H and O–H groups in total. The summed E-state index contributed by atoms with van der Waals surface area (Å²) in [7, 11) is 5.89. The summed E-state index contributed by atoms with van der Waals surface area (Å²) in [5.41, 5.74) is 0. The Morgan fingerprint density at radius 3 is 1.64 bits per heavy atom. The van der Waals surface area contributed by atoms with E-state index in [1.165, 1.54) is 14.1 Å². The SMILES string of the molecule is CN(O)C(=O)CCO[C@H]1CSSC[C@@H]1OCCC(=O)N(C)O. The fourth-order valence-electron chi connectivity index (χ4n) is 1.67. The first kappa shape index (κ1) is 19.5. The molecule has 0 saturated carbocycles. The molecule has 0 radical (unpaired) electrons. The second kappa shape index (κ2) is 10.3. The first-order valence-electron chi connectivity index (χ1n) is 6.80. The van der Waals surface area contributed by atoms with Crippen LogP contribution in [0.25, 0.3) is 0 Å². The van der Waals surface area contributed by atoms with Gasteiger partial charge < -0.3 is 9.47 Å². The molecule has 0 aliphatic carbocycles. The summed E-state index contributed by atoms with van der Waals surface area (Å²) in [5.74, 6) is 0.636. The van der Waals surface area contributed by atoms with Crippen LogP contribution in [0.15, 0.2) is 0 Å². The molecule has 1 saturated heterocycles. The topological polar surface area (TPSA) is 99.5 Å². The molecule has 128 valence electrons. The number of amides is 2. The molecule has 1 heterocycles. The molecule has 2 amide bonds. The highest BCUT2D eigenvalue weighted by Crippen LogP contribution is 2.32. The molecule has 0 aromatic heterocycles. The molecule has 1 fully saturated rings. The lowest BCUT2D eigenvalue weighted by atomic mass is 10.2. The van der Waals surface area contributed by atoms with Crippen molar-refractivity contribution >= 4 is 33.4 Å². The molecule has 0 spiro atoms. The van der Waals surface area contributed by atoms with E-state index < -0.39 is 11.8 Å². The minimum atomic E-state index is -0.410. The smallest absolute Gasteiger partial charge is 0.247 e. The van der Waals surface area contributed by atoms with Gasteiger partial charge in [0.2, 0.25) is 11.8 Å². The van der Waals surface area contributed by atoms with Crippen LogP contribution in [0.5, 0.6) is 0 Å².